The number of carbonyl (C=O) groups excluding carboxylic acids is 3. The fourth-order valence-corrected chi connectivity index (χ4v) is 5.13. The van der Waals surface area contributed by atoms with Crippen LogP contribution < -0.4 is 10.2 Å². The van der Waals surface area contributed by atoms with Gasteiger partial charge >= 0.3 is 19.8 Å². The number of alkyl halides is 3. The second-order valence-corrected chi connectivity index (χ2v) is 11.9. The van der Waals surface area contributed by atoms with Crippen molar-refractivity contribution < 1.29 is 50.7 Å². The van der Waals surface area contributed by atoms with Crippen molar-refractivity contribution in [1.82, 2.24) is 4.90 Å². The molecule has 14 heteroatoms. The topological polar surface area (TPSA) is 115 Å². The molecule has 0 atom stereocenters. The van der Waals surface area contributed by atoms with E-state index < -0.39 is 54.1 Å². The summed E-state index contributed by atoms with van der Waals surface area (Å²) in [4.78, 5) is 59.5. The summed E-state index contributed by atoms with van der Waals surface area (Å²) < 4.78 is 79.2. The van der Waals surface area contributed by atoms with E-state index in [1.54, 1.807) is 0 Å². The summed E-state index contributed by atoms with van der Waals surface area (Å²) in [5.41, 5.74) is -2.75. The van der Waals surface area contributed by atoms with Gasteiger partial charge in [0.15, 0.2) is 0 Å². The number of imide groups is 1. The number of halogens is 5. The predicted octanol–water partition coefficient (Wildman–Crippen LogP) is 4.89. The molecule has 1 saturated heterocycles. The highest BCUT2D eigenvalue weighted by molar-refractivity contribution is 7.60. The first kappa shape index (κ1) is 31.0. The van der Waals surface area contributed by atoms with Crippen molar-refractivity contribution in [2.45, 2.75) is 44.9 Å². The molecule has 0 aliphatic carbocycles. The third-order valence-electron chi connectivity index (χ3n) is 6.90. The zero-order valence-electron chi connectivity index (χ0n) is 22.2. The molecule has 2 N–H and O–H groups in total. The van der Waals surface area contributed by atoms with Crippen molar-refractivity contribution in [2.75, 3.05) is 4.90 Å². The molecule has 3 amide bonds. The lowest BCUT2D eigenvalue weighted by molar-refractivity contribution is -0.140. The Morgan fingerprint density at radius 3 is 2.14 bits per heavy atom. The molecule has 8 nitrogen and oxygen atoms in total. The molecule has 222 valence electrons. The summed E-state index contributed by atoms with van der Waals surface area (Å²) in [7, 11) is -4.46. The van der Waals surface area contributed by atoms with Crippen molar-refractivity contribution >= 4 is 36.3 Å². The van der Waals surface area contributed by atoms with Gasteiger partial charge in [0.1, 0.15) is 23.0 Å². The summed E-state index contributed by atoms with van der Waals surface area (Å²) >= 11 is 0. The van der Waals surface area contributed by atoms with Crippen LogP contribution in [0.4, 0.5) is 32.4 Å². The Hall–Kier alpha value is -3.93. The average Bonchev–Trinajstić information content (AvgIpc) is 3.04. The van der Waals surface area contributed by atoms with Gasteiger partial charge in [-0.15, -0.1) is 0 Å². The van der Waals surface area contributed by atoms with Crippen LogP contribution in [0, 0.1) is 11.6 Å². The number of anilines is 1. The molecule has 0 aromatic heterocycles. The molecule has 4 rings (SSSR count). The Kier molecular flexibility index (Phi) is 8.16. The molecule has 1 aliphatic rings. The fourth-order valence-electron chi connectivity index (χ4n) is 4.59. The molecule has 1 aliphatic heterocycles. The number of rotatable bonds is 8. The summed E-state index contributed by atoms with van der Waals surface area (Å²) in [6, 6.07) is 9.43. The molecule has 0 bridgehead atoms. The molecule has 42 heavy (non-hydrogen) atoms. The minimum atomic E-state index is -5.07. The number of urea groups is 1. The summed E-state index contributed by atoms with van der Waals surface area (Å²) in [6.45, 7) is 2.44. The van der Waals surface area contributed by atoms with Gasteiger partial charge in [0.05, 0.1) is 16.6 Å². The zero-order chi connectivity index (χ0) is 31.2. The van der Waals surface area contributed by atoms with Gasteiger partial charge in [-0.2, -0.15) is 13.2 Å². The monoisotopic (exact) mass is 610 g/mol. The van der Waals surface area contributed by atoms with E-state index in [4.69, 9.17) is 0 Å². The summed E-state index contributed by atoms with van der Waals surface area (Å²) in [5.74, 6) is -3.50. The van der Waals surface area contributed by atoms with E-state index in [1.807, 2.05) is 0 Å². The number of ketones is 1. The Morgan fingerprint density at radius 2 is 1.55 bits per heavy atom. The van der Waals surface area contributed by atoms with E-state index in [2.05, 4.69) is 0 Å². The number of nitrogens with zero attached hydrogens (tertiary/aromatic N) is 2. The number of carbonyl (C=O) groups is 3. The van der Waals surface area contributed by atoms with Gasteiger partial charge in [-0.3, -0.25) is 14.2 Å². The van der Waals surface area contributed by atoms with Crippen LogP contribution >= 0.6 is 7.60 Å². The van der Waals surface area contributed by atoms with Gasteiger partial charge in [-0.1, -0.05) is 18.2 Å². The summed E-state index contributed by atoms with van der Waals surface area (Å²) in [5, 5.41) is -0.220. The smallest absolute Gasteiger partial charge is 0.321 e. The Morgan fingerprint density at radius 1 is 0.905 bits per heavy atom. The Balaban J connectivity index is 1.58. The molecule has 3 aromatic carbocycles. The van der Waals surface area contributed by atoms with E-state index in [0.717, 1.165) is 23.1 Å². The lowest BCUT2D eigenvalue weighted by Gasteiger charge is -2.28. The maximum Gasteiger partial charge on any atom is 0.419 e. The highest BCUT2D eigenvalue weighted by Gasteiger charge is 2.52. The Bertz CT molecular complexity index is 1620. The number of hydrogen-bond donors (Lipinski definition) is 2. The SMILES string of the molecule is CC1(C)C(=O)N(c2ccc(F)c(C(F)(F)F)c2)C(=O)N1Cc1ccc(F)cc1CC(=O)Cc1ccc(P(=O)(O)O)cc1. The highest BCUT2D eigenvalue weighted by Crippen LogP contribution is 2.38. The van der Waals surface area contributed by atoms with Crippen molar-refractivity contribution in [3.05, 3.63) is 94.6 Å². The van der Waals surface area contributed by atoms with Gasteiger partial charge in [0.25, 0.3) is 5.91 Å². The van der Waals surface area contributed by atoms with E-state index >= 15 is 0 Å². The minimum absolute atomic E-state index is 0.149. The first-order chi connectivity index (χ1) is 19.4. The third kappa shape index (κ3) is 6.28. The van der Waals surface area contributed by atoms with Crippen LogP contribution in [0.2, 0.25) is 0 Å². The molecule has 1 fully saturated rings. The number of benzene rings is 3. The lowest BCUT2D eigenvalue weighted by atomic mass is 9.97. The number of Topliss-reactive ketones (excluding diaryl/α,β-unsaturated/α-hetero) is 1. The standard InChI is InChI=1S/C28H24F5N2O6P/c1-27(2)25(37)35(20-7-10-24(30)23(14-20)28(31,32)33)26(38)34(27)15-17-5-6-19(29)12-18(17)13-21(36)11-16-3-8-22(9-4-16)42(39,40)41/h3-10,12,14H,11,13,15H2,1-2H3,(H2,39,40,41). The molecule has 1 heterocycles. The molecule has 0 saturated carbocycles. The van der Waals surface area contributed by atoms with Gasteiger partial charge in [0.2, 0.25) is 0 Å². The van der Waals surface area contributed by atoms with Crippen molar-refractivity contribution in [2.24, 2.45) is 0 Å². The quantitative estimate of drug-likeness (QED) is 0.213. The molecule has 0 radical (unpaired) electrons. The van der Waals surface area contributed by atoms with E-state index in [1.165, 1.54) is 44.2 Å². The molecule has 0 spiro atoms. The fraction of sp³-hybridized carbons (Fsp3) is 0.250. The van der Waals surface area contributed by atoms with Crippen molar-refractivity contribution in [3.8, 4) is 0 Å². The van der Waals surface area contributed by atoms with E-state index in [9.17, 15) is 50.7 Å². The minimum Gasteiger partial charge on any atom is -0.321 e. The van der Waals surface area contributed by atoms with Gasteiger partial charge in [-0.05, 0) is 73.0 Å². The maximum absolute atomic E-state index is 14.2. The molecule has 0 unspecified atom stereocenters. The van der Waals surface area contributed by atoms with Crippen molar-refractivity contribution in [3.63, 3.8) is 0 Å². The molecular formula is C28H24F5N2O6P. The molecular weight excluding hydrogens is 586 g/mol. The number of hydrogen-bond acceptors (Lipinski definition) is 4. The highest BCUT2D eigenvalue weighted by atomic mass is 31.2. The second kappa shape index (κ2) is 11.0. The zero-order valence-corrected chi connectivity index (χ0v) is 23.0. The van der Waals surface area contributed by atoms with Crippen LogP contribution in [-0.4, -0.2) is 37.9 Å². The largest absolute Gasteiger partial charge is 0.419 e. The molecule has 3 aromatic rings. The first-order valence-corrected chi connectivity index (χ1v) is 14.0. The summed E-state index contributed by atoms with van der Waals surface area (Å²) in [6.07, 6.45) is -5.51. The normalized spacial score (nSPS) is 15.5. The maximum atomic E-state index is 14.2. The predicted molar refractivity (Wildman–Crippen MR) is 141 cm³/mol. The van der Waals surface area contributed by atoms with Crippen LogP contribution in [-0.2, 0) is 39.7 Å². The lowest BCUT2D eigenvalue weighted by Crippen LogP contribution is -2.43. The second-order valence-electron chi connectivity index (χ2n) is 10.2. The Labute approximate surface area is 236 Å². The van der Waals surface area contributed by atoms with E-state index in [-0.39, 0.29) is 36.0 Å². The van der Waals surface area contributed by atoms with Crippen LogP contribution in [0.1, 0.15) is 36.1 Å². The first-order valence-electron chi connectivity index (χ1n) is 12.4. The van der Waals surface area contributed by atoms with Gasteiger partial charge in [0, 0.05) is 19.4 Å². The van der Waals surface area contributed by atoms with Crippen LogP contribution in [0.15, 0.2) is 60.7 Å². The third-order valence-corrected chi connectivity index (χ3v) is 7.87. The van der Waals surface area contributed by atoms with E-state index in [0.29, 0.717) is 28.2 Å². The van der Waals surface area contributed by atoms with Gasteiger partial charge in [-0.25, -0.2) is 18.5 Å². The van der Waals surface area contributed by atoms with Crippen LogP contribution in [0.5, 0.6) is 0 Å². The van der Waals surface area contributed by atoms with Gasteiger partial charge < -0.3 is 14.7 Å². The van der Waals surface area contributed by atoms with Crippen molar-refractivity contribution in [1.29, 1.82) is 0 Å². The average molecular weight is 610 g/mol. The number of amides is 3. The van der Waals surface area contributed by atoms with Crippen LogP contribution in [0.25, 0.3) is 0 Å². The van der Waals surface area contributed by atoms with Crippen LogP contribution in [0.3, 0.4) is 0 Å².